The van der Waals surface area contributed by atoms with Gasteiger partial charge in [-0.1, -0.05) is 6.07 Å². The molecule has 0 aliphatic heterocycles. The molecule has 0 saturated heterocycles. The number of anilines is 1. The number of nitrogens with one attached hydrogen (secondary N) is 2. The van der Waals surface area contributed by atoms with Crippen molar-refractivity contribution in [1.29, 1.82) is 0 Å². The SMILES string of the molecule is CCS(=O)(=O)NCCCNC(=O)c1cccc(N)c1.Cl. The van der Waals surface area contributed by atoms with Crippen LogP contribution in [0.2, 0.25) is 0 Å². The largest absolute Gasteiger partial charge is 0.399 e. The summed E-state index contributed by atoms with van der Waals surface area (Å²) in [5.41, 5.74) is 6.60. The number of hydrogen-bond donors (Lipinski definition) is 3. The summed E-state index contributed by atoms with van der Waals surface area (Å²) in [7, 11) is -3.16. The summed E-state index contributed by atoms with van der Waals surface area (Å²) in [6.07, 6.45) is 0.535. The monoisotopic (exact) mass is 321 g/mol. The molecule has 0 aliphatic carbocycles. The number of nitrogen functional groups attached to an aromatic ring is 1. The second-order valence-electron chi connectivity index (χ2n) is 4.03. The molecule has 6 nitrogen and oxygen atoms in total. The minimum absolute atomic E-state index is 0. The van der Waals surface area contributed by atoms with Crippen LogP contribution in [0, 0.1) is 0 Å². The predicted octanol–water partition coefficient (Wildman–Crippen LogP) is 0.750. The fraction of sp³-hybridized carbons (Fsp3) is 0.417. The third-order valence-electron chi connectivity index (χ3n) is 2.49. The molecule has 1 amide bonds. The van der Waals surface area contributed by atoms with Gasteiger partial charge in [-0.15, -0.1) is 12.4 Å². The van der Waals surface area contributed by atoms with Crippen LogP contribution in [0.3, 0.4) is 0 Å². The van der Waals surface area contributed by atoms with E-state index in [2.05, 4.69) is 10.0 Å². The maximum atomic E-state index is 11.7. The van der Waals surface area contributed by atoms with Crippen molar-refractivity contribution in [2.45, 2.75) is 13.3 Å². The molecule has 0 aromatic heterocycles. The van der Waals surface area contributed by atoms with E-state index in [4.69, 9.17) is 5.73 Å². The molecule has 0 atom stereocenters. The van der Waals surface area contributed by atoms with Crippen molar-refractivity contribution in [2.24, 2.45) is 0 Å². The molecule has 0 fully saturated rings. The van der Waals surface area contributed by atoms with Crippen molar-refractivity contribution in [1.82, 2.24) is 10.0 Å². The second kappa shape index (κ2) is 8.78. The first-order chi connectivity index (χ1) is 8.94. The molecule has 1 aromatic rings. The zero-order valence-electron chi connectivity index (χ0n) is 11.3. The summed E-state index contributed by atoms with van der Waals surface area (Å²) in [5, 5.41) is 2.70. The first-order valence-corrected chi connectivity index (χ1v) is 7.71. The van der Waals surface area contributed by atoms with E-state index < -0.39 is 10.0 Å². The average Bonchev–Trinajstić information content (AvgIpc) is 2.38. The first-order valence-electron chi connectivity index (χ1n) is 6.05. The summed E-state index contributed by atoms with van der Waals surface area (Å²) in [4.78, 5) is 11.7. The van der Waals surface area contributed by atoms with Gasteiger partial charge in [0.1, 0.15) is 0 Å². The molecule has 1 aromatic carbocycles. The predicted molar refractivity (Wildman–Crippen MR) is 82.5 cm³/mol. The lowest BCUT2D eigenvalue weighted by Crippen LogP contribution is -2.30. The molecule has 1 rings (SSSR count). The number of hydrogen-bond acceptors (Lipinski definition) is 4. The zero-order chi connectivity index (χ0) is 14.3. The van der Waals surface area contributed by atoms with E-state index in [1.165, 1.54) is 0 Å². The van der Waals surface area contributed by atoms with E-state index >= 15 is 0 Å². The van der Waals surface area contributed by atoms with Crippen molar-refractivity contribution in [2.75, 3.05) is 24.6 Å². The van der Waals surface area contributed by atoms with E-state index in [0.717, 1.165) is 0 Å². The number of rotatable bonds is 7. The summed E-state index contributed by atoms with van der Waals surface area (Å²) >= 11 is 0. The number of amides is 1. The fourth-order valence-electron chi connectivity index (χ4n) is 1.40. The molecule has 0 heterocycles. The fourth-order valence-corrected chi connectivity index (χ4v) is 2.06. The second-order valence-corrected chi connectivity index (χ2v) is 6.13. The lowest BCUT2D eigenvalue weighted by molar-refractivity contribution is 0.0953. The summed E-state index contributed by atoms with van der Waals surface area (Å²) in [5.74, 6) is -0.159. The average molecular weight is 322 g/mol. The van der Waals surface area contributed by atoms with Crippen molar-refractivity contribution in [3.8, 4) is 0 Å². The van der Waals surface area contributed by atoms with Gasteiger partial charge in [-0.2, -0.15) is 0 Å². The summed E-state index contributed by atoms with van der Waals surface area (Å²) in [6, 6.07) is 6.68. The minimum Gasteiger partial charge on any atom is -0.399 e. The van der Waals surface area contributed by atoms with Gasteiger partial charge in [0.05, 0.1) is 5.75 Å². The maximum absolute atomic E-state index is 11.7. The van der Waals surface area contributed by atoms with Crippen molar-refractivity contribution < 1.29 is 13.2 Å². The molecule has 0 radical (unpaired) electrons. The Morgan fingerprint density at radius 1 is 1.30 bits per heavy atom. The van der Waals surface area contributed by atoms with E-state index in [1.807, 2.05) is 0 Å². The van der Waals surface area contributed by atoms with E-state index in [9.17, 15) is 13.2 Å². The van der Waals surface area contributed by atoms with E-state index in [1.54, 1.807) is 31.2 Å². The third-order valence-corrected chi connectivity index (χ3v) is 3.89. The maximum Gasteiger partial charge on any atom is 0.251 e. The number of halogens is 1. The highest BCUT2D eigenvalue weighted by atomic mass is 35.5. The number of carbonyl (C=O) groups is 1. The van der Waals surface area contributed by atoms with Crippen LogP contribution in [0.25, 0.3) is 0 Å². The lowest BCUT2D eigenvalue weighted by Gasteiger charge is -2.07. The normalized spacial score (nSPS) is 10.7. The quantitative estimate of drug-likeness (QED) is 0.509. The van der Waals surface area contributed by atoms with Gasteiger partial charge in [0, 0.05) is 24.3 Å². The van der Waals surface area contributed by atoms with Gasteiger partial charge in [0.25, 0.3) is 5.91 Å². The lowest BCUT2D eigenvalue weighted by atomic mass is 10.2. The zero-order valence-corrected chi connectivity index (χ0v) is 12.9. The minimum atomic E-state index is -3.16. The van der Waals surface area contributed by atoms with Crippen LogP contribution in [-0.2, 0) is 10.0 Å². The molecule has 0 unspecified atom stereocenters. The Morgan fingerprint density at radius 3 is 2.60 bits per heavy atom. The summed E-state index contributed by atoms with van der Waals surface area (Å²) < 4.78 is 24.7. The first kappa shape index (κ1) is 18.7. The van der Waals surface area contributed by atoms with Gasteiger partial charge in [-0.05, 0) is 31.5 Å². The van der Waals surface area contributed by atoms with Gasteiger partial charge in [0.15, 0.2) is 0 Å². The van der Waals surface area contributed by atoms with Crippen LogP contribution >= 0.6 is 12.4 Å². The van der Waals surface area contributed by atoms with Gasteiger partial charge in [0.2, 0.25) is 10.0 Å². The third kappa shape index (κ3) is 6.74. The number of benzene rings is 1. The number of carbonyl (C=O) groups excluding carboxylic acids is 1. The molecule has 114 valence electrons. The van der Waals surface area contributed by atoms with E-state index in [0.29, 0.717) is 30.8 Å². The van der Waals surface area contributed by atoms with Crippen LogP contribution in [0.4, 0.5) is 5.69 Å². The Labute approximate surface area is 125 Å². The Kier molecular flexibility index (Phi) is 8.21. The number of sulfonamides is 1. The molecule has 0 saturated carbocycles. The topological polar surface area (TPSA) is 101 Å². The standard InChI is InChI=1S/C12H19N3O3S.ClH/c1-2-19(17,18)15-8-4-7-14-12(16)10-5-3-6-11(13)9-10;/h3,5-6,9,15H,2,4,7-8,13H2,1H3,(H,14,16);1H. The van der Waals surface area contributed by atoms with Crippen LogP contribution in [-0.4, -0.2) is 33.2 Å². The Bertz CT molecular complexity index is 535. The molecular weight excluding hydrogens is 302 g/mol. The summed E-state index contributed by atoms with van der Waals surface area (Å²) in [6.45, 7) is 2.29. The molecule has 20 heavy (non-hydrogen) atoms. The van der Waals surface area contributed by atoms with Crippen molar-refractivity contribution >= 4 is 34.0 Å². The highest BCUT2D eigenvalue weighted by Gasteiger charge is 2.06. The van der Waals surface area contributed by atoms with Crippen LogP contribution in [0.15, 0.2) is 24.3 Å². The van der Waals surface area contributed by atoms with Crippen molar-refractivity contribution in [3.05, 3.63) is 29.8 Å². The molecule has 8 heteroatoms. The highest BCUT2D eigenvalue weighted by molar-refractivity contribution is 7.89. The van der Waals surface area contributed by atoms with Gasteiger partial charge >= 0.3 is 0 Å². The molecule has 4 N–H and O–H groups in total. The van der Waals surface area contributed by atoms with Gasteiger partial charge in [-0.3, -0.25) is 4.79 Å². The Morgan fingerprint density at radius 2 is 2.00 bits per heavy atom. The van der Waals surface area contributed by atoms with Crippen LogP contribution in [0.5, 0.6) is 0 Å². The van der Waals surface area contributed by atoms with Crippen LogP contribution < -0.4 is 15.8 Å². The number of nitrogens with two attached hydrogens (primary N) is 1. The highest BCUT2D eigenvalue weighted by Crippen LogP contribution is 2.05. The molecule has 0 spiro atoms. The smallest absolute Gasteiger partial charge is 0.251 e. The molecule has 0 bridgehead atoms. The Hall–Kier alpha value is -1.31. The van der Waals surface area contributed by atoms with Gasteiger partial charge in [-0.25, -0.2) is 13.1 Å². The molecular formula is C12H20ClN3O3S. The molecule has 0 aliphatic rings. The van der Waals surface area contributed by atoms with Crippen LogP contribution in [0.1, 0.15) is 23.7 Å². The van der Waals surface area contributed by atoms with E-state index in [-0.39, 0.29) is 24.1 Å². The van der Waals surface area contributed by atoms with Gasteiger partial charge < -0.3 is 11.1 Å². The Balaban J connectivity index is 0.00000361. The van der Waals surface area contributed by atoms with Crippen molar-refractivity contribution in [3.63, 3.8) is 0 Å².